The number of hydrogen-bond acceptors (Lipinski definition) is 5. The number of para-hydroxylation sites is 1. The van der Waals surface area contributed by atoms with E-state index in [1.807, 2.05) is 31.2 Å². The molecule has 0 saturated carbocycles. The molecule has 0 aliphatic carbocycles. The summed E-state index contributed by atoms with van der Waals surface area (Å²) in [6.45, 7) is 5.16. The molecule has 130 valence electrons. The summed E-state index contributed by atoms with van der Waals surface area (Å²) in [6.07, 6.45) is 5.43. The van der Waals surface area contributed by atoms with Gasteiger partial charge in [-0.05, 0) is 41.4 Å². The van der Waals surface area contributed by atoms with E-state index >= 15 is 0 Å². The van der Waals surface area contributed by atoms with E-state index in [-0.39, 0.29) is 0 Å². The highest BCUT2D eigenvalue weighted by Gasteiger charge is 2.14. The van der Waals surface area contributed by atoms with Gasteiger partial charge in [-0.3, -0.25) is 0 Å². The van der Waals surface area contributed by atoms with Crippen LogP contribution in [0.2, 0.25) is 0 Å². The summed E-state index contributed by atoms with van der Waals surface area (Å²) in [5.74, 6) is 0.884. The maximum Gasteiger partial charge on any atom is 0.316 e. The smallest absolute Gasteiger partial charge is 0.316 e. The summed E-state index contributed by atoms with van der Waals surface area (Å²) >= 11 is 3.31. The van der Waals surface area contributed by atoms with Crippen LogP contribution in [0.15, 0.2) is 41.1 Å². The van der Waals surface area contributed by atoms with Gasteiger partial charge in [-0.1, -0.05) is 25.5 Å². The van der Waals surface area contributed by atoms with Gasteiger partial charge < -0.3 is 9.47 Å². The molecule has 0 N–H and O–H groups in total. The minimum absolute atomic E-state index is 0.294. The van der Waals surface area contributed by atoms with Crippen molar-refractivity contribution in [1.82, 2.24) is 15.0 Å². The lowest BCUT2D eigenvalue weighted by atomic mass is 10.1. The number of fused-ring (bicyclic) bond motifs is 1. The van der Waals surface area contributed by atoms with Crippen molar-refractivity contribution in [2.45, 2.75) is 33.3 Å². The molecule has 0 atom stereocenters. The third kappa shape index (κ3) is 4.25. The van der Waals surface area contributed by atoms with Crippen molar-refractivity contribution in [2.24, 2.45) is 0 Å². The van der Waals surface area contributed by atoms with Gasteiger partial charge in [0.2, 0.25) is 0 Å². The molecule has 2 aromatic heterocycles. The predicted molar refractivity (Wildman–Crippen MR) is 101 cm³/mol. The Hall–Kier alpha value is -2.21. The van der Waals surface area contributed by atoms with Crippen LogP contribution in [0.4, 0.5) is 0 Å². The first-order valence-electron chi connectivity index (χ1n) is 8.30. The van der Waals surface area contributed by atoms with Crippen LogP contribution in [0.1, 0.15) is 31.0 Å². The first kappa shape index (κ1) is 17.6. The molecule has 0 fully saturated rings. The van der Waals surface area contributed by atoms with Crippen molar-refractivity contribution in [3.05, 3.63) is 52.4 Å². The fourth-order valence-corrected chi connectivity index (χ4v) is 2.68. The van der Waals surface area contributed by atoms with Crippen LogP contribution in [-0.4, -0.2) is 21.6 Å². The van der Waals surface area contributed by atoms with Gasteiger partial charge in [0.25, 0.3) is 0 Å². The summed E-state index contributed by atoms with van der Waals surface area (Å²) in [5.41, 5.74) is 2.72. The van der Waals surface area contributed by atoms with E-state index in [0.29, 0.717) is 19.2 Å². The molecular weight excluding hydrogens is 382 g/mol. The topological polar surface area (TPSA) is 57.1 Å². The Labute approximate surface area is 155 Å². The second kappa shape index (κ2) is 8.25. The van der Waals surface area contributed by atoms with Gasteiger partial charge in [0, 0.05) is 23.3 Å². The lowest BCUT2D eigenvalue weighted by Gasteiger charge is -2.15. The molecule has 0 bridgehead atoms. The van der Waals surface area contributed by atoms with Gasteiger partial charge in [-0.15, -0.1) is 0 Å². The zero-order valence-electron chi connectivity index (χ0n) is 14.3. The molecule has 0 aliphatic rings. The number of pyridine rings is 1. The van der Waals surface area contributed by atoms with Crippen molar-refractivity contribution >= 4 is 26.8 Å². The normalized spacial score (nSPS) is 10.8. The number of hydrogen-bond donors (Lipinski definition) is 0. The highest BCUT2D eigenvalue weighted by molar-refractivity contribution is 9.10. The molecule has 3 aromatic rings. The highest BCUT2D eigenvalue weighted by atomic mass is 79.9. The number of unbranched alkanes of at least 4 members (excludes halogenated alkanes) is 1. The summed E-state index contributed by atoms with van der Waals surface area (Å²) in [4.78, 5) is 13.0. The van der Waals surface area contributed by atoms with E-state index in [9.17, 15) is 0 Å². The van der Waals surface area contributed by atoms with E-state index in [4.69, 9.17) is 14.5 Å². The maximum absolute atomic E-state index is 6.07. The van der Waals surface area contributed by atoms with Gasteiger partial charge in [-0.2, -0.15) is 0 Å². The summed E-state index contributed by atoms with van der Waals surface area (Å²) in [5, 5.41) is 1.03. The molecule has 2 heterocycles. The first-order chi connectivity index (χ1) is 12.2. The van der Waals surface area contributed by atoms with Crippen LogP contribution < -0.4 is 9.47 Å². The zero-order chi connectivity index (χ0) is 17.6. The van der Waals surface area contributed by atoms with Crippen LogP contribution in [-0.2, 0) is 6.61 Å². The third-order valence-electron chi connectivity index (χ3n) is 3.86. The molecule has 3 rings (SSSR count). The summed E-state index contributed by atoms with van der Waals surface area (Å²) in [6, 6.07) is 8.33. The number of benzene rings is 1. The number of nitrogens with zero attached hydrogens (tertiary/aromatic N) is 3. The molecule has 0 radical (unpaired) electrons. The Morgan fingerprint density at radius 3 is 2.60 bits per heavy atom. The summed E-state index contributed by atoms with van der Waals surface area (Å²) in [7, 11) is 0. The Kier molecular flexibility index (Phi) is 5.81. The van der Waals surface area contributed by atoms with Crippen molar-refractivity contribution < 1.29 is 9.47 Å². The minimum Gasteiger partial charge on any atom is -0.493 e. The zero-order valence-corrected chi connectivity index (χ0v) is 15.9. The first-order valence-corrected chi connectivity index (χ1v) is 9.09. The second-order valence-electron chi connectivity index (χ2n) is 5.70. The number of rotatable bonds is 7. The van der Waals surface area contributed by atoms with E-state index < -0.39 is 0 Å². The SMILES string of the molecule is CCCCOc1c(C)c(COc2ncc(Br)cn2)nc2ccccc12. The maximum atomic E-state index is 6.07. The van der Waals surface area contributed by atoms with Gasteiger partial charge in [-0.25, -0.2) is 15.0 Å². The lowest BCUT2D eigenvalue weighted by molar-refractivity contribution is 0.272. The number of ether oxygens (including phenoxy) is 2. The molecule has 0 unspecified atom stereocenters. The minimum atomic E-state index is 0.294. The lowest BCUT2D eigenvalue weighted by Crippen LogP contribution is -2.07. The molecule has 0 aliphatic heterocycles. The van der Waals surface area contributed by atoms with Crippen LogP contribution >= 0.6 is 15.9 Å². The molecule has 25 heavy (non-hydrogen) atoms. The monoisotopic (exact) mass is 401 g/mol. The van der Waals surface area contributed by atoms with Crippen molar-refractivity contribution in [3.8, 4) is 11.8 Å². The molecule has 5 nitrogen and oxygen atoms in total. The largest absolute Gasteiger partial charge is 0.493 e. The fourth-order valence-electron chi connectivity index (χ4n) is 2.48. The van der Waals surface area contributed by atoms with Crippen molar-refractivity contribution in [2.75, 3.05) is 6.61 Å². The Morgan fingerprint density at radius 1 is 1.08 bits per heavy atom. The Bertz CT molecular complexity index is 853. The fraction of sp³-hybridized carbons (Fsp3) is 0.316. The van der Waals surface area contributed by atoms with Crippen molar-refractivity contribution in [1.29, 1.82) is 0 Å². The van der Waals surface area contributed by atoms with Crippen LogP contribution in [0, 0.1) is 6.92 Å². The molecule has 6 heteroatoms. The highest BCUT2D eigenvalue weighted by Crippen LogP contribution is 2.31. The third-order valence-corrected chi connectivity index (χ3v) is 4.27. The second-order valence-corrected chi connectivity index (χ2v) is 6.62. The molecular formula is C19H20BrN3O2. The van der Waals surface area contributed by atoms with Crippen molar-refractivity contribution in [3.63, 3.8) is 0 Å². The van der Waals surface area contributed by atoms with Gasteiger partial charge in [0.05, 0.1) is 22.3 Å². The number of aromatic nitrogens is 3. The quantitative estimate of drug-likeness (QED) is 0.529. The predicted octanol–water partition coefficient (Wildman–Crippen LogP) is 4.85. The van der Waals surface area contributed by atoms with Crippen LogP contribution in [0.3, 0.4) is 0 Å². The summed E-state index contributed by atoms with van der Waals surface area (Å²) < 4.78 is 12.6. The van der Waals surface area contributed by atoms with E-state index in [1.54, 1.807) is 12.4 Å². The average Bonchev–Trinajstić information content (AvgIpc) is 2.63. The molecule has 0 spiro atoms. The Balaban J connectivity index is 1.88. The van der Waals surface area contributed by atoms with Crippen LogP contribution in [0.5, 0.6) is 11.8 Å². The van der Waals surface area contributed by atoms with E-state index in [2.05, 4.69) is 32.8 Å². The number of halogens is 1. The standard InChI is InChI=1S/C19H20BrN3O2/c1-3-4-9-24-18-13(2)17(23-16-8-6-5-7-15(16)18)12-25-19-21-10-14(20)11-22-19/h5-8,10-11H,3-4,9,12H2,1-2H3. The molecule has 0 amide bonds. The van der Waals surface area contributed by atoms with Gasteiger partial charge in [0.15, 0.2) is 0 Å². The van der Waals surface area contributed by atoms with E-state index in [1.165, 1.54) is 0 Å². The Morgan fingerprint density at radius 2 is 1.84 bits per heavy atom. The van der Waals surface area contributed by atoms with Crippen LogP contribution in [0.25, 0.3) is 10.9 Å². The molecule has 1 aromatic carbocycles. The van der Waals surface area contributed by atoms with Gasteiger partial charge >= 0.3 is 6.01 Å². The van der Waals surface area contributed by atoms with E-state index in [0.717, 1.165) is 45.2 Å². The van der Waals surface area contributed by atoms with Gasteiger partial charge in [0.1, 0.15) is 12.4 Å². The molecule has 0 saturated heterocycles. The average molecular weight is 402 g/mol.